The number of amides is 2. The van der Waals surface area contributed by atoms with Crippen LogP contribution in [0.4, 0.5) is 16.2 Å². The van der Waals surface area contributed by atoms with Crippen molar-refractivity contribution in [2.45, 2.75) is 13.5 Å². The Balaban J connectivity index is 1.32. The minimum absolute atomic E-state index is 0.124. The first-order valence-electron chi connectivity index (χ1n) is 10.2. The molecule has 2 aromatic heterocycles. The van der Waals surface area contributed by atoms with Crippen LogP contribution in [0.1, 0.15) is 12.6 Å². The maximum Gasteiger partial charge on any atom is 0.323 e. The van der Waals surface area contributed by atoms with E-state index >= 15 is 0 Å². The molecule has 0 saturated carbocycles. The van der Waals surface area contributed by atoms with E-state index in [0.29, 0.717) is 40.1 Å². The van der Waals surface area contributed by atoms with Crippen LogP contribution in [0.25, 0.3) is 5.65 Å². The molecule has 2 N–H and O–H groups in total. The predicted octanol–water partition coefficient (Wildman–Crippen LogP) is 4.97. The number of fused-ring (bicyclic) bond motifs is 1. The number of benzene rings is 2. The summed E-state index contributed by atoms with van der Waals surface area (Å²) in [7, 11) is 0. The number of carbonyl (C=O) groups excluding carboxylic acids is 1. The fraction of sp³-hybridized carbons (Fsp3) is 0.125. The van der Waals surface area contributed by atoms with Crippen molar-refractivity contribution < 1.29 is 14.3 Å². The van der Waals surface area contributed by atoms with Gasteiger partial charge in [0.1, 0.15) is 23.8 Å². The highest BCUT2D eigenvalue weighted by molar-refractivity contribution is 6.30. The third-order valence-corrected chi connectivity index (χ3v) is 4.82. The molecule has 0 radical (unpaired) electrons. The van der Waals surface area contributed by atoms with Crippen molar-refractivity contribution >= 4 is 34.7 Å². The van der Waals surface area contributed by atoms with E-state index in [-0.39, 0.29) is 18.2 Å². The fourth-order valence-electron chi connectivity index (χ4n) is 3.09. The summed E-state index contributed by atoms with van der Waals surface area (Å²) >= 11 is 5.93. The lowest BCUT2D eigenvalue weighted by Crippen LogP contribution is -2.19. The first-order chi connectivity index (χ1) is 16.0. The van der Waals surface area contributed by atoms with Gasteiger partial charge in [0.2, 0.25) is 0 Å². The van der Waals surface area contributed by atoms with Gasteiger partial charge in [-0.1, -0.05) is 11.6 Å². The molecular weight excluding hydrogens is 444 g/mol. The molecule has 0 aliphatic rings. The lowest BCUT2D eigenvalue weighted by molar-refractivity contribution is 0.262. The third kappa shape index (κ3) is 5.81. The number of rotatable bonds is 7. The number of pyridine rings is 1. The molecule has 2 amide bonds. The van der Waals surface area contributed by atoms with Gasteiger partial charge in [-0.3, -0.25) is 9.20 Å². The Morgan fingerprint density at radius 3 is 2.15 bits per heavy atom. The normalized spacial score (nSPS) is 10.6. The molecule has 0 spiro atoms. The van der Waals surface area contributed by atoms with E-state index in [4.69, 9.17) is 21.1 Å². The molecule has 33 heavy (non-hydrogen) atoms. The van der Waals surface area contributed by atoms with E-state index in [9.17, 15) is 9.59 Å². The van der Waals surface area contributed by atoms with Gasteiger partial charge in [0, 0.05) is 23.6 Å². The van der Waals surface area contributed by atoms with E-state index in [1.165, 1.54) is 16.7 Å². The van der Waals surface area contributed by atoms with Gasteiger partial charge < -0.3 is 20.1 Å². The van der Waals surface area contributed by atoms with Crippen LogP contribution in [-0.2, 0) is 6.61 Å². The van der Waals surface area contributed by atoms with E-state index in [2.05, 4.69) is 15.6 Å². The van der Waals surface area contributed by atoms with Crippen molar-refractivity contribution in [3.8, 4) is 11.5 Å². The van der Waals surface area contributed by atoms with Gasteiger partial charge in [-0.25, -0.2) is 9.78 Å². The van der Waals surface area contributed by atoms with Crippen LogP contribution in [0.2, 0.25) is 5.02 Å². The average Bonchev–Trinajstić information content (AvgIpc) is 2.80. The highest BCUT2D eigenvalue weighted by Crippen LogP contribution is 2.19. The highest BCUT2D eigenvalue weighted by atomic mass is 35.5. The predicted molar refractivity (Wildman–Crippen MR) is 127 cm³/mol. The Labute approximate surface area is 194 Å². The Kier molecular flexibility index (Phi) is 6.75. The largest absolute Gasteiger partial charge is 0.494 e. The maximum atomic E-state index is 12.2. The van der Waals surface area contributed by atoms with Crippen LogP contribution in [0.5, 0.6) is 11.5 Å². The summed E-state index contributed by atoms with van der Waals surface area (Å²) in [6, 6.07) is 18.4. The van der Waals surface area contributed by atoms with Crippen LogP contribution in [0.15, 0.2) is 77.7 Å². The second kappa shape index (κ2) is 10.1. The van der Waals surface area contributed by atoms with Crippen LogP contribution < -0.4 is 25.7 Å². The van der Waals surface area contributed by atoms with Gasteiger partial charge in [-0.05, 0) is 67.6 Å². The molecule has 8 nitrogen and oxygen atoms in total. The molecule has 2 heterocycles. The maximum absolute atomic E-state index is 12.2. The Morgan fingerprint density at radius 1 is 0.939 bits per heavy atom. The lowest BCUT2D eigenvalue weighted by atomic mass is 10.3. The van der Waals surface area contributed by atoms with Gasteiger partial charge in [0.15, 0.2) is 0 Å². The number of urea groups is 1. The molecule has 0 aliphatic carbocycles. The third-order valence-electron chi connectivity index (χ3n) is 4.60. The molecule has 0 fully saturated rings. The average molecular weight is 465 g/mol. The van der Waals surface area contributed by atoms with Crippen molar-refractivity contribution in [2.75, 3.05) is 17.2 Å². The standard InChI is InChI=1S/C24H21ClN4O4/c1-2-32-20-8-4-17(5-9-20)27-24(31)28-18-6-10-21(11-7-18)33-15-19-13-23(30)29-14-16(25)3-12-22(29)26-19/h3-14H,2,15H2,1H3,(H2,27,28,31). The topological polar surface area (TPSA) is 94.0 Å². The molecule has 2 aromatic carbocycles. The monoisotopic (exact) mass is 464 g/mol. The lowest BCUT2D eigenvalue weighted by Gasteiger charge is -2.10. The molecule has 4 aromatic rings. The first kappa shape index (κ1) is 22.2. The summed E-state index contributed by atoms with van der Waals surface area (Å²) in [5.41, 5.74) is 2.00. The zero-order chi connectivity index (χ0) is 23.2. The fourth-order valence-corrected chi connectivity index (χ4v) is 3.25. The summed E-state index contributed by atoms with van der Waals surface area (Å²) in [6.45, 7) is 2.62. The van der Waals surface area contributed by atoms with Crippen LogP contribution >= 0.6 is 11.6 Å². The Bertz CT molecular complexity index is 1320. The van der Waals surface area contributed by atoms with Gasteiger partial charge in [-0.2, -0.15) is 0 Å². The number of ether oxygens (including phenoxy) is 2. The molecule has 0 aliphatic heterocycles. The molecule has 9 heteroatoms. The number of aromatic nitrogens is 2. The van der Waals surface area contributed by atoms with Gasteiger partial charge in [0.05, 0.1) is 17.3 Å². The number of halogens is 1. The van der Waals surface area contributed by atoms with Crippen molar-refractivity contribution in [3.63, 3.8) is 0 Å². The smallest absolute Gasteiger partial charge is 0.323 e. The van der Waals surface area contributed by atoms with Crippen molar-refractivity contribution in [1.82, 2.24) is 9.38 Å². The molecule has 168 valence electrons. The minimum atomic E-state index is -0.367. The number of carbonyl (C=O) groups is 1. The summed E-state index contributed by atoms with van der Waals surface area (Å²) < 4.78 is 12.5. The van der Waals surface area contributed by atoms with Crippen LogP contribution in [0.3, 0.4) is 0 Å². The molecule has 0 atom stereocenters. The Hall–Kier alpha value is -4.04. The Morgan fingerprint density at radius 2 is 1.55 bits per heavy atom. The summed E-state index contributed by atoms with van der Waals surface area (Å²) in [6.07, 6.45) is 1.52. The quantitative estimate of drug-likeness (QED) is 0.402. The van der Waals surface area contributed by atoms with E-state index in [1.807, 2.05) is 6.92 Å². The molecular formula is C24H21ClN4O4. The van der Waals surface area contributed by atoms with Crippen LogP contribution in [0, 0.1) is 0 Å². The van der Waals surface area contributed by atoms with Crippen molar-refractivity contribution in [1.29, 1.82) is 0 Å². The minimum Gasteiger partial charge on any atom is -0.494 e. The zero-order valence-corrected chi connectivity index (χ0v) is 18.5. The van der Waals surface area contributed by atoms with E-state index in [1.54, 1.807) is 60.7 Å². The number of nitrogens with one attached hydrogen (secondary N) is 2. The molecule has 0 bridgehead atoms. The van der Waals surface area contributed by atoms with Gasteiger partial charge in [-0.15, -0.1) is 0 Å². The van der Waals surface area contributed by atoms with Crippen molar-refractivity contribution in [2.24, 2.45) is 0 Å². The summed E-state index contributed by atoms with van der Waals surface area (Å²) in [5, 5.41) is 5.97. The number of hydrogen-bond acceptors (Lipinski definition) is 5. The number of anilines is 2. The first-order valence-corrected chi connectivity index (χ1v) is 10.6. The number of nitrogens with zero attached hydrogens (tertiary/aromatic N) is 2. The SMILES string of the molecule is CCOc1ccc(NC(=O)Nc2ccc(OCc3cc(=O)n4cc(Cl)ccc4n3)cc2)cc1. The van der Waals surface area contributed by atoms with Crippen LogP contribution in [-0.4, -0.2) is 22.0 Å². The van der Waals surface area contributed by atoms with E-state index in [0.717, 1.165) is 5.75 Å². The number of hydrogen-bond donors (Lipinski definition) is 2. The second-order valence-electron chi connectivity index (χ2n) is 7.01. The van der Waals surface area contributed by atoms with Gasteiger partial charge >= 0.3 is 6.03 Å². The summed E-state index contributed by atoms with van der Waals surface area (Å²) in [4.78, 5) is 28.9. The molecule has 4 rings (SSSR count). The van der Waals surface area contributed by atoms with Gasteiger partial charge in [0.25, 0.3) is 5.56 Å². The second-order valence-corrected chi connectivity index (χ2v) is 7.45. The zero-order valence-electron chi connectivity index (χ0n) is 17.7. The van der Waals surface area contributed by atoms with E-state index < -0.39 is 0 Å². The van der Waals surface area contributed by atoms with Crippen molar-refractivity contribution in [3.05, 3.63) is 94.0 Å². The molecule has 0 unspecified atom stereocenters. The molecule has 0 saturated heterocycles. The summed E-state index contributed by atoms with van der Waals surface area (Å²) in [5.74, 6) is 1.32. The highest BCUT2D eigenvalue weighted by Gasteiger charge is 2.06.